The zero-order chi connectivity index (χ0) is 102. The first-order valence-corrected chi connectivity index (χ1v) is 50.9. The Morgan fingerprint density at radius 3 is 1.01 bits per heavy atom. The average Bonchev–Trinajstić information content (AvgIpc) is 1.72. The number of benzene rings is 10. The van der Waals surface area contributed by atoms with Gasteiger partial charge in [0.15, 0.2) is 5.78 Å². The number of sulfonamides is 2. The van der Waals surface area contributed by atoms with Crippen LogP contribution in [0.5, 0.6) is 23.0 Å². The molecular weight excluding hydrogens is 1860 g/mol. The summed E-state index contributed by atoms with van der Waals surface area (Å²) in [7, 11) is -3.82. The predicted molar refractivity (Wildman–Crippen MR) is 534 cm³/mol. The van der Waals surface area contributed by atoms with E-state index in [4.69, 9.17) is 37.0 Å². The summed E-state index contributed by atoms with van der Waals surface area (Å²) in [6.07, 6.45) is 6.89. The van der Waals surface area contributed by atoms with Gasteiger partial charge in [0.1, 0.15) is 53.1 Å². The number of ketones is 2. The SMILES string of the molecule is CC(=O)c1ccc(S(=O)(=O)N[C@H]2CCc3c(-c4noc(-c5ccc(OC(C)C)c(C#N)c5)n4)cccc32)cc1.CC(C)Oc1ccc(-c2nc(-c3cccc4c3CC[C@@H]4N3CC(C(=O)N(C)C)C3)no2)cc1C#N.CC(C)Oc1ccc(-c2nc(-c3cccc4c3CC[C@@H]4NS(=O)(=O)c3ccccc3)no2)cc1C#N.CCC(=O)C1CN([C@H]2CCc3c(-c4noc(-c5ccc(OC(C)C)c(C#N)c5)n4)cccc32)C1. The largest absolute Gasteiger partial charge is 0.490 e. The molecule has 4 aliphatic carbocycles. The van der Waals surface area contributed by atoms with E-state index in [1.165, 1.54) is 53.4 Å². The number of Topliss-reactive ketones (excluding diaryl/α,β-unsaturated/α-hetero) is 2. The van der Waals surface area contributed by atoms with Crippen molar-refractivity contribution in [3.05, 3.63) is 273 Å². The highest BCUT2D eigenvalue weighted by atomic mass is 32.2. The summed E-state index contributed by atoms with van der Waals surface area (Å²) in [4.78, 5) is 61.1. The fourth-order valence-electron chi connectivity index (χ4n) is 19.2. The van der Waals surface area contributed by atoms with Crippen LogP contribution in [0.1, 0.15) is 203 Å². The van der Waals surface area contributed by atoms with Crippen molar-refractivity contribution in [1.82, 2.24) is 64.7 Å². The molecule has 0 radical (unpaired) electrons. The number of hydrogen-bond acceptors (Lipinski definition) is 29. The molecule has 2 fully saturated rings. The van der Waals surface area contributed by atoms with Crippen LogP contribution in [0.25, 0.3) is 91.4 Å². The molecule has 10 aromatic carbocycles. The smallest absolute Gasteiger partial charge is 0.258 e. The van der Waals surface area contributed by atoms with Gasteiger partial charge < -0.3 is 41.9 Å². The molecule has 14 aromatic rings. The number of ether oxygens (including phenoxy) is 4. The topological polar surface area (TPSA) is 441 Å². The number of carbonyl (C=O) groups is 3. The Morgan fingerprint density at radius 1 is 0.403 bits per heavy atom. The highest BCUT2D eigenvalue weighted by Gasteiger charge is 2.43. The first-order chi connectivity index (χ1) is 69.3. The lowest BCUT2D eigenvalue weighted by Crippen LogP contribution is -2.54. The number of hydrogen-bond donors (Lipinski definition) is 2. The molecule has 2 N–H and O–H groups in total. The summed E-state index contributed by atoms with van der Waals surface area (Å²) in [5.74, 6) is 5.97. The van der Waals surface area contributed by atoms with Crippen molar-refractivity contribution in [2.75, 3.05) is 40.3 Å². The third-order valence-electron chi connectivity index (χ3n) is 26.0. The molecular formula is C110H107N17O15S2. The van der Waals surface area contributed by atoms with Crippen molar-refractivity contribution >= 4 is 37.5 Å². The minimum atomic E-state index is -3.80. The lowest BCUT2D eigenvalue weighted by molar-refractivity contribution is -0.139. The molecule has 32 nitrogen and oxygen atoms in total. The molecule has 0 spiro atoms. The number of likely N-dealkylation sites (tertiary alicyclic amines) is 2. The van der Waals surface area contributed by atoms with E-state index >= 15 is 0 Å². The third kappa shape index (κ3) is 21.8. The fraction of sp³-hybridized carbons (Fsp3) is 0.318. The van der Waals surface area contributed by atoms with Crippen molar-refractivity contribution in [3.63, 3.8) is 0 Å². The van der Waals surface area contributed by atoms with Crippen LogP contribution in [0.4, 0.5) is 0 Å². The lowest BCUT2D eigenvalue weighted by Gasteiger charge is -2.43. The first-order valence-electron chi connectivity index (χ1n) is 48.0. The standard InChI is InChI=1S/C29H26N4O5S.C27H29N5O3.C27H24N4O4S.C27H28N4O3/c1-17(2)37-27-14-9-20(15-21(27)16-30)29-31-28(32-38-29)25-6-4-5-24-23(25)12-13-26(24)33-39(35,36)22-10-7-19(8-11-22)18(3)34;1-16(2)34-24-11-8-17(12-18(24)13-28)26-29-25(30-35-26)22-7-5-6-21-20(22)9-10-23(21)32-14-19(15-32)27(33)31(3)4;1-17(2)34-25-14-11-18(15-19(25)16-28)27-29-26(30-35-27)23-10-6-9-22-21(23)12-13-24(22)31-36(32,33)20-7-4-3-5-8-20;1-4-24(32)19-14-31(15-19)23-10-9-20-21(23)6-5-7-22(20)26-29-27(34-30-26)17-8-11-25(33-16(2)3)18(12-17)13-28/h4-11,14-15,17,26,33H,12-13H2,1-3H3;5-8,11-12,16,19,23H,9-10,14-15H2,1-4H3;3-11,14-15,17,24,31H,12-13H2,1-2H3;5-8,11-12,16,19,23H,4,9-10,14-15H2,1-3H3/t26-;23-;24-;23-/m0000/s1. The Hall–Kier alpha value is -15.5. The Kier molecular flexibility index (Phi) is 29.9. The highest BCUT2D eigenvalue weighted by molar-refractivity contribution is 7.89. The van der Waals surface area contributed by atoms with Gasteiger partial charge in [0, 0.05) is 127 Å². The van der Waals surface area contributed by atoms with E-state index < -0.39 is 26.1 Å². The number of nitrogens with one attached hydrogen (secondary N) is 2. The first kappa shape index (κ1) is 100. The summed E-state index contributed by atoms with van der Waals surface area (Å²) in [5.41, 5.74) is 16.9. The normalized spacial score (nSPS) is 16.2. The highest BCUT2D eigenvalue weighted by Crippen LogP contribution is 2.48. The molecule has 144 heavy (non-hydrogen) atoms. The molecule has 20 rings (SSSR count). The van der Waals surface area contributed by atoms with Crippen molar-refractivity contribution in [2.24, 2.45) is 11.8 Å². The number of aromatic nitrogens is 8. The fourth-order valence-corrected chi connectivity index (χ4v) is 21.7. The number of amides is 1. The molecule has 734 valence electrons. The van der Waals surface area contributed by atoms with Crippen LogP contribution in [0.15, 0.2) is 228 Å². The number of nitrogens with zero attached hydrogens (tertiary/aromatic N) is 15. The third-order valence-corrected chi connectivity index (χ3v) is 29.0. The number of fused-ring (bicyclic) bond motifs is 4. The molecule has 4 atom stereocenters. The van der Waals surface area contributed by atoms with Gasteiger partial charge in [-0.1, -0.05) is 131 Å². The zero-order valence-electron chi connectivity index (χ0n) is 81.7. The molecule has 6 aliphatic rings. The van der Waals surface area contributed by atoms with Crippen LogP contribution in [0.2, 0.25) is 0 Å². The Bertz CT molecular complexity index is 7600. The summed E-state index contributed by atoms with van der Waals surface area (Å²) in [6.45, 7) is 21.9. The maximum atomic E-state index is 13.1. The maximum Gasteiger partial charge on any atom is 0.258 e. The second-order valence-corrected chi connectivity index (χ2v) is 40.9. The summed E-state index contributed by atoms with van der Waals surface area (Å²) in [6, 6.07) is 67.5. The van der Waals surface area contributed by atoms with E-state index in [1.807, 2.05) is 149 Å². The Balaban J connectivity index is 0.000000132. The molecule has 1 amide bonds. The second kappa shape index (κ2) is 43.1. The van der Waals surface area contributed by atoms with Crippen LogP contribution >= 0.6 is 0 Å². The van der Waals surface area contributed by atoms with Crippen molar-refractivity contribution in [1.29, 1.82) is 21.0 Å². The molecule has 2 saturated heterocycles. The van der Waals surface area contributed by atoms with Crippen LogP contribution in [-0.4, -0.2) is 154 Å². The Labute approximate surface area is 835 Å². The van der Waals surface area contributed by atoms with Gasteiger partial charge in [-0.3, -0.25) is 24.2 Å². The van der Waals surface area contributed by atoms with Gasteiger partial charge in [-0.25, -0.2) is 26.3 Å². The van der Waals surface area contributed by atoms with Crippen LogP contribution in [0.3, 0.4) is 0 Å². The van der Waals surface area contributed by atoms with E-state index in [1.54, 1.807) is 95.9 Å². The lowest BCUT2D eigenvalue weighted by atomic mass is 9.90. The molecule has 0 unspecified atom stereocenters. The van der Waals surface area contributed by atoms with Gasteiger partial charge in [0.25, 0.3) is 23.6 Å². The van der Waals surface area contributed by atoms with Crippen LogP contribution < -0.4 is 28.4 Å². The average molecular weight is 1970 g/mol. The molecule has 0 bridgehead atoms. The molecule has 2 aliphatic heterocycles. The molecule has 4 aromatic heterocycles. The number of carbonyl (C=O) groups excluding carboxylic acids is 3. The summed E-state index contributed by atoms with van der Waals surface area (Å²) < 4.78 is 103. The molecule has 6 heterocycles. The van der Waals surface area contributed by atoms with Gasteiger partial charge in [-0.2, -0.15) is 41.0 Å². The van der Waals surface area contributed by atoms with Crippen LogP contribution in [-0.2, 0) is 55.3 Å². The van der Waals surface area contributed by atoms with Crippen molar-refractivity contribution in [3.8, 4) is 139 Å². The number of rotatable bonds is 28. The van der Waals surface area contributed by atoms with Crippen LogP contribution in [0, 0.1) is 57.2 Å². The summed E-state index contributed by atoms with van der Waals surface area (Å²) in [5, 5.41) is 55.0. The minimum absolute atomic E-state index is 0.0220. The summed E-state index contributed by atoms with van der Waals surface area (Å²) >= 11 is 0. The van der Waals surface area contributed by atoms with E-state index in [0.29, 0.717) is 158 Å². The minimum Gasteiger partial charge on any atom is -0.490 e. The maximum absolute atomic E-state index is 13.1. The van der Waals surface area contributed by atoms with Gasteiger partial charge in [0.2, 0.25) is 49.3 Å². The van der Waals surface area contributed by atoms with E-state index in [9.17, 15) is 52.3 Å². The molecule has 0 saturated carbocycles. The predicted octanol–water partition coefficient (Wildman–Crippen LogP) is 19.3. The van der Waals surface area contributed by atoms with Gasteiger partial charge in [0.05, 0.1) is 62.4 Å². The monoisotopic (exact) mass is 1970 g/mol. The number of nitriles is 4. The van der Waals surface area contributed by atoms with E-state index in [-0.39, 0.29) is 75.6 Å². The molecule has 34 heteroatoms. The zero-order valence-corrected chi connectivity index (χ0v) is 83.3. The van der Waals surface area contributed by atoms with Crippen molar-refractivity contribution < 1.29 is 68.3 Å². The van der Waals surface area contributed by atoms with Crippen molar-refractivity contribution in [2.45, 2.75) is 185 Å². The van der Waals surface area contributed by atoms with Gasteiger partial charge in [-0.05, 0) is 255 Å². The van der Waals surface area contributed by atoms with E-state index in [0.717, 1.165) is 96.4 Å². The van der Waals surface area contributed by atoms with E-state index in [2.05, 4.69) is 96.2 Å². The quantitative estimate of drug-likeness (QED) is 0.0430. The second-order valence-electron chi connectivity index (χ2n) is 37.4. The van der Waals surface area contributed by atoms with Gasteiger partial charge >= 0.3 is 0 Å². The van der Waals surface area contributed by atoms with Gasteiger partial charge in [-0.15, -0.1) is 0 Å². The Morgan fingerprint density at radius 2 is 0.708 bits per heavy atom.